The summed E-state index contributed by atoms with van der Waals surface area (Å²) in [5, 5.41) is 26.9. The largest absolute Gasteiger partial charge is 0.382 e. The van der Waals surface area contributed by atoms with Gasteiger partial charge in [-0.05, 0) is 6.42 Å². The molecule has 0 spiro atoms. The van der Waals surface area contributed by atoms with Gasteiger partial charge in [0.2, 0.25) is 6.29 Å². The Morgan fingerprint density at radius 1 is 1.57 bits per heavy atom. The molecule has 6 heteroatoms. The van der Waals surface area contributed by atoms with Crippen LogP contribution in [0.25, 0.3) is 0 Å². The zero-order chi connectivity index (χ0) is 11.7. The number of hydrogen-bond acceptors (Lipinski definition) is 6. The van der Waals surface area contributed by atoms with E-state index in [4.69, 9.17) is 16.7 Å². The van der Waals surface area contributed by atoms with E-state index in [0.717, 1.165) is 6.21 Å². The van der Waals surface area contributed by atoms with Gasteiger partial charge in [0, 0.05) is 14.1 Å². The van der Waals surface area contributed by atoms with E-state index in [1.165, 1.54) is 0 Å². The Balaban J connectivity index is 3.81. The zero-order valence-electron chi connectivity index (χ0n) is 8.61. The zero-order valence-corrected chi connectivity index (χ0v) is 7.61. The molecule has 0 aliphatic carbocycles. The molecule has 0 aliphatic heterocycles. The fourth-order valence-electron chi connectivity index (χ4n) is 0.603. The van der Waals surface area contributed by atoms with Crippen LogP contribution in [0.5, 0.6) is 0 Å². The minimum absolute atomic E-state index is 0.0766. The second-order valence-electron chi connectivity index (χ2n) is 2.45. The minimum Gasteiger partial charge on any atom is -0.382 e. The lowest BCUT2D eigenvalue weighted by Gasteiger charge is -2.15. The molecule has 3 atom stereocenters. The molecule has 6 nitrogen and oxygen atoms in total. The van der Waals surface area contributed by atoms with Crippen LogP contribution in [0.15, 0.2) is 4.99 Å². The third-order valence-corrected chi connectivity index (χ3v) is 1.23. The van der Waals surface area contributed by atoms with Crippen LogP contribution in [0.4, 0.5) is 0 Å². The number of rotatable bonds is 7. The Labute approximate surface area is 83.3 Å². The fraction of sp³-hybridized carbons (Fsp3) is 0.750. The normalized spacial score (nSPS) is 18.9. The third kappa shape index (κ3) is 5.76. The summed E-state index contributed by atoms with van der Waals surface area (Å²) >= 11 is 0. The van der Waals surface area contributed by atoms with Crippen LogP contribution >= 0.6 is 0 Å². The summed E-state index contributed by atoms with van der Waals surface area (Å²) in [4.78, 5) is 13.7. The van der Waals surface area contributed by atoms with Gasteiger partial charge in [0.15, 0.2) is 12.6 Å². The van der Waals surface area contributed by atoms with Crippen molar-refractivity contribution >= 4 is 12.5 Å². The van der Waals surface area contributed by atoms with Gasteiger partial charge in [-0.3, -0.25) is 9.79 Å². The van der Waals surface area contributed by atoms with E-state index in [1.807, 2.05) is 0 Å². The highest BCUT2D eigenvalue weighted by molar-refractivity contribution is 5.63. The average molecular weight is 206 g/mol. The van der Waals surface area contributed by atoms with Gasteiger partial charge in [-0.25, -0.2) is 0 Å². The highest BCUT2D eigenvalue weighted by atomic mass is 16.7. The summed E-state index contributed by atoms with van der Waals surface area (Å²) in [7, 11) is 0. The van der Waals surface area contributed by atoms with Gasteiger partial charge in [-0.1, -0.05) is 6.90 Å². The Bertz CT molecular complexity index is 201. The van der Waals surface area contributed by atoms with Crippen LogP contribution in [-0.2, 0) is 9.53 Å². The van der Waals surface area contributed by atoms with E-state index in [2.05, 4.69) is 9.73 Å². The molecule has 0 aromatic carbocycles. The second kappa shape index (κ2) is 7.57. The van der Waals surface area contributed by atoms with Crippen molar-refractivity contribution in [2.45, 2.75) is 32.0 Å². The number of aliphatic imine (C=N–C) groups is 1. The molecule has 0 saturated carbocycles. The molecular weight excluding hydrogens is 190 g/mol. The predicted molar refractivity (Wildman–Crippen MR) is 48.8 cm³/mol. The van der Waals surface area contributed by atoms with Crippen molar-refractivity contribution in [3.63, 3.8) is 0 Å². The first-order chi connectivity index (χ1) is 7.11. The number of carbonyl (C=O) groups is 1. The molecule has 0 rings (SSSR count). The SMILES string of the molecule is [2H]CCCN=CC(O)C(O)OC(O)C=O. The van der Waals surface area contributed by atoms with Crippen molar-refractivity contribution in [2.75, 3.05) is 6.54 Å². The fourth-order valence-corrected chi connectivity index (χ4v) is 0.603. The topological polar surface area (TPSA) is 99.4 Å². The molecule has 0 aliphatic rings. The lowest BCUT2D eigenvalue weighted by atomic mass is 10.3. The molecule has 3 N–H and O–H groups in total. The number of aliphatic hydroxyl groups excluding tert-OH is 3. The molecule has 3 unspecified atom stereocenters. The molecule has 0 bridgehead atoms. The van der Waals surface area contributed by atoms with Gasteiger partial charge in [0.25, 0.3) is 0 Å². The Morgan fingerprint density at radius 3 is 2.86 bits per heavy atom. The first-order valence-corrected chi connectivity index (χ1v) is 4.06. The van der Waals surface area contributed by atoms with Crippen molar-refractivity contribution in [1.29, 1.82) is 0 Å². The van der Waals surface area contributed by atoms with Crippen molar-refractivity contribution in [1.82, 2.24) is 0 Å². The van der Waals surface area contributed by atoms with Gasteiger partial charge in [-0.15, -0.1) is 0 Å². The first-order valence-electron chi connectivity index (χ1n) is 4.76. The van der Waals surface area contributed by atoms with Crippen molar-refractivity contribution in [3.05, 3.63) is 0 Å². The number of hydrogen-bond donors (Lipinski definition) is 3. The molecule has 0 radical (unpaired) electrons. The average Bonchev–Trinajstić information content (AvgIpc) is 2.23. The number of carbonyl (C=O) groups excluding carboxylic acids is 1. The molecule has 14 heavy (non-hydrogen) atoms. The third-order valence-electron chi connectivity index (χ3n) is 1.23. The monoisotopic (exact) mass is 206 g/mol. The van der Waals surface area contributed by atoms with Gasteiger partial charge in [-0.2, -0.15) is 0 Å². The maximum atomic E-state index is 9.94. The van der Waals surface area contributed by atoms with E-state index in [9.17, 15) is 4.79 Å². The standard InChI is InChI=1S/C8H15NO5/c1-2-3-9-4-6(11)8(13)14-7(12)5-10/h4-8,11-13H,2-3H2,1H3/i1D. The Kier molecular flexibility index (Phi) is 6.09. The van der Waals surface area contributed by atoms with Crippen LogP contribution in [0, 0.1) is 0 Å². The maximum absolute atomic E-state index is 9.94. The van der Waals surface area contributed by atoms with Crippen LogP contribution in [0.1, 0.15) is 14.7 Å². The molecule has 0 saturated heterocycles. The van der Waals surface area contributed by atoms with E-state index >= 15 is 0 Å². The van der Waals surface area contributed by atoms with Gasteiger partial charge in [0.1, 0.15) is 6.10 Å². The smallest absolute Gasteiger partial charge is 0.214 e. The molecule has 0 fully saturated rings. The second-order valence-corrected chi connectivity index (χ2v) is 2.45. The van der Waals surface area contributed by atoms with Crippen molar-refractivity contribution in [2.24, 2.45) is 4.99 Å². The predicted octanol–water partition coefficient (Wildman–Crippen LogP) is -1.32. The molecular formula is C8H15NO5. The summed E-state index contributed by atoms with van der Waals surface area (Å²) in [5.74, 6) is 0. The number of nitrogens with zero attached hydrogens (tertiary/aromatic N) is 1. The van der Waals surface area contributed by atoms with Gasteiger partial charge in [0.05, 0.1) is 0 Å². The highest BCUT2D eigenvalue weighted by Crippen LogP contribution is 1.96. The summed E-state index contributed by atoms with van der Waals surface area (Å²) < 4.78 is 11.1. The Morgan fingerprint density at radius 2 is 2.29 bits per heavy atom. The molecule has 0 aromatic rings. The first kappa shape index (κ1) is 11.3. The van der Waals surface area contributed by atoms with Crippen molar-refractivity contribution in [3.8, 4) is 0 Å². The van der Waals surface area contributed by atoms with Crippen molar-refractivity contribution < 1.29 is 26.2 Å². The highest BCUT2D eigenvalue weighted by Gasteiger charge is 2.17. The number of aldehydes is 1. The lowest BCUT2D eigenvalue weighted by Crippen LogP contribution is -2.34. The van der Waals surface area contributed by atoms with Gasteiger partial charge >= 0.3 is 0 Å². The summed E-state index contributed by atoms with van der Waals surface area (Å²) in [6.07, 6.45) is -3.21. The molecule has 82 valence electrons. The molecule has 0 amide bonds. The van der Waals surface area contributed by atoms with E-state index < -0.39 is 18.7 Å². The van der Waals surface area contributed by atoms with E-state index in [-0.39, 0.29) is 13.2 Å². The minimum atomic E-state index is -1.77. The van der Waals surface area contributed by atoms with E-state index in [0.29, 0.717) is 13.0 Å². The molecule has 0 aromatic heterocycles. The Hall–Kier alpha value is -0.820. The summed E-state index contributed by atoms with van der Waals surface area (Å²) in [5.41, 5.74) is 0. The number of aliphatic hydroxyl groups is 3. The van der Waals surface area contributed by atoms with Crippen LogP contribution in [0.2, 0.25) is 0 Å². The van der Waals surface area contributed by atoms with E-state index in [1.54, 1.807) is 0 Å². The van der Waals surface area contributed by atoms with Crippen LogP contribution in [0.3, 0.4) is 0 Å². The lowest BCUT2D eigenvalue weighted by molar-refractivity contribution is -0.218. The maximum Gasteiger partial charge on any atom is 0.214 e. The summed E-state index contributed by atoms with van der Waals surface area (Å²) in [6, 6.07) is 0. The van der Waals surface area contributed by atoms with Crippen LogP contribution in [-0.4, -0.2) is 53.0 Å². The number of ether oxygens (including phenoxy) is 1. The summed E-state index contributed by atoms with van der Waals surface area (Å²) in [6.45, 7) is 0.597. The van der Waals surface area contributed by atoms with Crippen LogP contribution < -0.4 is 0 Å². The molecule has 0 heterocycles. The van der Waals surface area contributed by atoms with Gasteiger partial charge < -0.3 is 20.1 Å². The quantitative estimate of drug-likeness (QED) is 0.208.